The number of hydrogen-bond donors (Lipinski definition) is 1. The molecular weight excluding hydrogens is 469 g/mol. The van der Waals surface area contributed by atoms with Gasteiger partial charge in [-0.3, -0.25) is 0 Å². The van der Waals surface area contributed by atoms with E-state index < -0.39 is 0 Å². The van der Waals surface area contributed by atoms with Crippen molar-refractivity contribution in [1.29, 1.82) is 0 Å². The minimum Gasteiger partial charge on any atom is -0.495 e. The number of thioether (sulfide) groups is 1. The fourth-order valence-corrected chi connectivity index (χ4v) is 4.83. The molecule has 0 bridgehead atoms. The number of rotatable bonds is 5. The molecule has 2 aromatic heterocycles. The number of fused-ring (bicyclic) bond motifs is 1. The van der Waals surface area contributed by atoms with E-state index >= 15 is 0 Å². The average Bonchev–Trinajstić information content (AvgIpc) is 2.78. The highest BCUT2D eigenvalue weighted by atomic mass is 35.5. The van der Waals surface area contributed by atoms with Crippen molar-refractivity contribution in [3.05, 3.63) is 28.4 Å². The molecule has 0 spiro atoms. The molecule has 10 heteroatoms. The normalized spacial score (nSPS) is 15.8. The maximum absolute atomic E-state index is 6.68. The van der Waals surface area contributed by atoms with E-state index in [2.05, 4.69) is 16.8 Å². The minimum atomic E-state index is -0.184. The summed E-state index contributed by atoms with van der Waals surface area (Å²) < 4.78 is 10.9. The van der Waals surface area contributed by atoms with Crippen molar-refractivity contribution in [2.24, 2.45) is 5.73 Å². The Kier molecular flexibility index (Phi) is 6.58. The molecule has 0 radical (unpaired) electrons. The second-order valence-electron chi connectivity index (χ2n) is 8.05. The average molecular weight is 494 g/mol. The third-order valence-corrected chi connectivity index (χ3v) is 7.06. The summed E-state index contributed by atoms with van der Waals surface area (Å²) in [4.78, 5) is 16.4. The van der Waals surface area contributed by atoms with E-state index in [1.165, 1.54) is 11.8 Å². The Balaban J connectivity index is 1.95. The molecule has 0 aliphatic carbocycles. The summed E-state index contributed by atoms with van der Waals surface area (Å²) in [6.45, 7) is 3.64. The van der Waals surface area contributed by atoms with Gasteiger partial charge in [-0.25, -0.2) is 15.0 Å². The number of piperidine rings is 1. The molecule has 170 valence electrons. The van der Waals surface area contributed by atoms with Gasteiger partial charge in [0.15, 0.2) is 11.0 Å². The van der Waals surface area contributed by atoms with Crippen LogP contribution in [0.15, 0.2) is 23.5 Å². The van der Waals surface area contributed by atoms with Crippen LogP contribution in [0.4, 0.5) is 5.82 Å². The first-order valence-electron chi connectivity index (χ1n) is 10.1. The lowest BCUT2D eigenvalue weighted by Crippen LogP contribution is -2.48. The Bertz CT molecular complexity index is 1140. The second-order valence-corrected chi connectivity index (χ2v) is 9.58. The molecule has 1 aliphatic rings. The first-order chi connectivity index (χ1) is 15.3. The van der Waals surface area contributed by atoms with Gasteiger partial charge in [0, 0.05) is 41.8 Å². The SMILES string of the molecule is COc1cc(OC)c(Cl)c(-c2cc3cnc(SC)nc3c(N3CCC(C)(N)CC3)n2)c1Cl. The summed E-state index contributed by atoms with van der Waals surface area (Å²) in [5.74, 6) is 1.68. The van der Waals surface area contributed by atoms with Gasteiger partial charge in [0.05, 0.1) is 30.0 Å². The molecule has 2 N–H and O–H groups in total. The Hall–Kier alpha value is -2.00. The standard InChI is InChI=1S/C22H25Cl2N5O2S/c1-22(25)5-7-29(8-6-22)20-19-12(11-26-21(28-19)32-4)9-13(27-20)16-17(23)14(30-2)10-15(31-3)18(16)24/h9-11H,5-8,25H2,1-4H3. The van der Waals surface area contributed by atoms with Crippen molar-refractivity contribution >= 4 is 51.7 Å². The van der Waals surface area contributed by atoms with Gasteiger partial charge in [-0.15, -0.1) is 0 Å². The molecule has 0 saturated carbocycles. The number of methoxy groups -OCH3 is 2. The first-order valence-corrected chi connectivity index (χ1v) is 12.1. The van der Waals surface area contributed by atoms with Crippen LogP contribution in [0.25, 0.3) is 22.2 Å². The largest absolute Gasteiger partial charge is 0.495 e. The molecule has 0 unspecified atom stereocenters. The number of nitrogens with zero attached hydrogens (tertiary/aromatic N) is 4. The lowest BCUT2D eigenvalue weighted by atomic mass is 9.91. The molecule has 1 fully saturated rings. The van der Waals surface area contributed by atoms with E-state index in [0.717, 1.165) is 42.7 Å². The monoisotopic (exact) mass is 493 g/mol. The highest BCUT2D eigenvalue weighted by molar-refractivity contribution is 7.98. The zero-order valence-electron chi connectivity index (χ0n) is 18.4. The van der Waals surface area contributed by atoms with Gasteiger partial charge in [-0.1, -0.05) is 35.0 Å². The van der Waals surface area contributed by atoms with Crippen LogP contribution in [0.2, 0.25) is 10.0 Å². The Labute approximate surface area is 201 Å². The number of ether oxygens (including phenoxy) is 2. The molecule has 0 amide bonds. The zero-order valence-corrected chi connectivity index (χ0v) is 20.7. The summed E-state index contributed by atoms with van der Waals surface area (Å²) >= 11 is 14.9. The maximum Gasteiger partial charge on any atom is 0.187 e. The molecule has 3 heterocycles. The van der Waals surface area contributed by atoms with E-state index in [1.54, 1.807) is 26.5 Å². The molecule has 1 saturated heterocycles. The predicted octanol–water partition coefficient (Wildman–Crippen LogP) is 5.06. The molecule has 0 atom stereocenters. The third-order valence-electron chi connectivity index (χ3n) is 5.74. The van der Waals surface area contributed by atoms with E-state index in [1.807, 2.05) is 12.3 Å². The number of aromatic nitrogens is 3. The lowest BCUT2D eigenvalue weighted by molar-refractivity contribution is 0.363. The summed E-state index contributed by atoms with van der Waals surface area (Å²) in [6, 6.07) is 3.56. The Morgan fingerprint density at radius 3 is 2.25 bits per heavy atom. The number of pyridine rings is 1. The number of hydrogen-bond acceptors (Lipinski definition) is 8. The van der Waals surface area contributed by atoms with Crippen LogP contribution < -0.4 is 20.1 Å². The topological polar surface area (TPSA) is 86.4 Å². The van der Waals surface area contributed by atoms with Gasteiger partial charge in [-0.05, 0) is 32.1 Å². The van der Waals surface area contributed by atoms with Crippen LogP contribution in [0.5, 0.6) is 11.5 Å². The fourth-order valence-electron chi connectivity index (χ4n) is 3.79. The number of benzene rings is 1. The van der Waals surface area contributed by atoms with Crippen molar-refractivity contribution in [3.63, 3.8) is 0 Å². The van der Waals surface area contributed by atoms with E-state index in [0.29, 0.717) is 38.0 Å². The van der Waals surface area contributed by atoms with E-state index in [-0.39, 0.29) is 5.54 Å². The van der Waals surface area contributed by atoms with Crippen molar-refractivity contribution in [1.82, 2.24) is 15.0 Å². The molecule has 1 aromatic carbocycles. The zero-order chi connectivity index (χ0) is 23.0. The summed E-state index contributed by atoms with van der Waals surface area (Å²) in [5.41, 5.74) is 8.11. The van der Waals surface area contributed by atoms with Crippen LogP contribution in [0, 0.1) is 0 Å². The molecule has 1 aliphatic heterocycles. The number of nitrogens with two attached hydrogens (primary N) is 1. The van der Waals surface area contributed by atoms with Gasteiger partial charge in [0.1, 0.15) is 17.0 Å². The van der Waals surface area contributed by atoms with Crippen molar-refractivity contribution < 1.29 is 9.47 Å². The van der Waals surface area contributed by atoms with Gasteiger partial charge in [0.2, 0.25) is 0 Å². The van der Waals surface area contributed by atoms with Crippen LogP contribution in [0.3, 0.4) is 0 Å². The molecule has 3 aromatic rings. The van der Waals surface area contributed by atoms with Gasteiger partial charge < -0.3 is 20.1 Å². The second kappa shape index (κ2) is 9.09. The van der Waals surface area contributed by atoms with Gasteiger partial charge in [0.25, 0.3) is 0 Å². The van der Waals surface area contributed by atoms with Gasteiger partial charge >= 0.3 is 0 Å². The van der Waals surface area contributed by atoms with Crippen LogP contribution in [0.1, 0.15) is 19.8 Å². The first kappa shape index (κ1) is 23.2. The predicted molar refractivity (Wildman–Crippen MR) is 132 cm³/mol. The molecule has 32 heavy (non-hydrogen) atoms. The number of halogens is 2. The summed E-state index contributed by atoms with van der Waals surface area (Å²) in [7, 11) is 3.10. The third kappa shape index (κ3) is 4.29. The summed E-state index contributed by atoms with van der Waals surface area (Å²) in [5, 5.41) is 2.27. The van der Waals surface area contributed by atoms with Crippen LogP contribution >= 0.6 is 35.0 Å². The molecule has 7 nitrogen and oxygen atoms in total. The fraction of sp³-hybridized carbons (Fsp3) is 0.409. The van der Waals surface area contributed by atoms with Crippen LogP contribution in [-0.2, 0) is 0 Å². The summed E-state index contributed by atoms with van der Waals surface area (Å²) in [6.07, 6.45) is 5.47. The van der Waals surface area contributed by atoms with E-state index in [9.17, 15) is 0 Å². The van der Waals surface area contributed by atoms with E-state index in [4.69, 9.17) is 48.4 Å². The Morgan fingerprint density at radius 2 is 1.69 bits per heavy atom. The lowest BCUT2D eigenvalue weighted by Gasteiger charge is -2.37. The Morgan fingerprint density at radius 1 is 1.06 bits per heavy atom. The highest BCUT2D eigenvalue weighted by Crippen LogP contribution is 2.46. The minimum absolute atomic E-state index is 0.184. The van der Waals surface area contributed by atoms with Crippen molar-refractivity contribution in [3.8, 4) is 22.8 Å². The smallest absolute Gasteiger partial charge is 0.187 e. The van der Waals surface area contributed by atoms with Crippen molar-refractivity contribution in [2.75, 3.05) is 38.5 Å². The van der Waals surface area contributed by atoms with Crippen molar-refractivity contribution in [2.45, 2.75) is 30.5 Å². The quantitative estimate of drug-likeness (QED) is 0.389. The van der Waals surface area contributed by atoms with Gasteiger partial charge in [-0.2, -0.15) is 0 Å². The number of anilines is 1. The maximum atomic E-state index is 6.68. The van der Waals surface area contributed by atoms with Crippen LogP contribution in [-0.4, -0.2) is 54.1 Å². The molecule has 4 rings (SSSR count). The molecular formula is C22H25Cl2N5O2S. The highest BCUT2D eigenvalue weighted by Gasteiger charge is 2.29.